The molecule has 0 heterocycles. The van der Waals surface area contributed by atoms with Crippen LogP contribution in [0.2, 0.25) is 0 Å². The van der Waals surface area contributed by atoms with Gasteiger partial charge in [-0.15, -0.1) is 0 Å². The molecule has 0 bridgehead atoms. The van der Waals surface area contributed by atoms with Crippen LogP contribution >= 0.6 is 0 Å². The first-order valence-corrected chi connectivity index (χ1v) is 25.1. The molecule has 1 aliphatic rings. The van der Waals surface area contributed by atoms with Gasteiger partial charge in [0.2, 0.25) is 0 Å². The van der Waals surface area contributed by atoms with Crippen molar-refractivity contribution in [3.63, 3.8) is 0 Å². The number of carbonyl (C=O) groups is 4. The standard InChI is InChI=1S/C54H84O8/c1-5-7-9-11-17-23-29-51-45(27-21-10-8-6-2)31-32-46(28-22-16-12-14-19-25-41-59-53(57)47-33-37-49(38-34-47)61-43(3)55)52(51)30-24-18-13-15-20-26-42-60-54(58)48-35-39-50(40-36-48)62-44(4)56/h33-40,45-46,51-52H,5-32,41-42H2,1-4H3/t45-,46+,51-,52-/m1/s1. The zero-order chi connectivity index (χ0) is 44.6. The highest BCUT2D eigenvalue weighted by molar-refractivity contribution is 5.90. The Kier molecular flexibility index (Phi) is 28.0. The third-order valence-corrected chi connectivity index (χ3v) is 13.1. The Hall–Kier alpha value is -3.68. The molecular formula is C54H84O8. The Balaban J connectivity index is 1.42. The lowest BCUT2D eigenvalue weighted by molar-refractivity contribution is -0.132. The monoisotopic (exact) mass is 861 g/mol. The number of rotatable bonds is 34. The van der Waals surface area contributed by atoms with Crippen LogP contribution in [0.1, 0.15) is 228 Å². The molecule has 348 valence electrons. The van der Waals surface area contributed by atoms with Crippen molar-refractivity contribution < 1.29 is 38.1 Å². The van der Waals surface area contributed by atoms with Crippen molar-refractivity contribution in [2.24, 2.45) is 23.7 Å². The number of ether oxygens (including phenoxy) is 4. The molecule has 1 fully saturated rings. The molecule has 0 saturated heterocycles. The minimum absolute atomic E-state index is 0.333. The summed E-state index contributed by atoms with van der Waals surface area (Å²) in [5, 5.41) is 0. The smallest absolute Gasteiger partial charge is 0.338 e. The van der Waals surface area contributed by atoms with Gasteiger partial charge in [-0.3, -0.25) is 9.59 Å². The minimum atomic E-state index is -0.385. The van der Waals surface area contributed by atoms with Crippen LogP contribution < -0.4 is 9.47 Å². The molecular weight excluding hydrogens is 777 g/mol. The highest BCUT2D eigenvalue weighted by Gasteiger charge is 2.37. The van der Waals surface area contributed by atoms with Crippen molar-refractivity contribution in [3.8, 4) is 11.5 Å². The summed E-state index contributed by atoms with van der Waals surface area (Å²) in [4.78, 5) is 47.2. The third-order valence-electron chi connectivity index (χ3n) is 13.1. The van der Waals surface area contributed by atoms with Crippen LogP contribution in [0.25, 0.3) is 0 Å². The molecule has 8 heteroatoms. The number of hydrogen-bond donors (Lipinski definition) is 0. The second-order valence-corrected chi connectivity index (χ2v) is 18.2. The third kappa shape index (κ3) is 22.6. The fourth-order valence-corrected chi connectivity index (χ4v) is 9.72. The minimum Gasteiger partial charge on any atom is -0.462 e. The predicted molar refractivity (Wildman–Crippen MR) is 251 cm³/mol. The molecule has 0 unspecified atom stereocenters. The van der Waals surface area contributed by atoms with Gasteiger partial charge in [-0.05, 0) is 111 Å². The van der Waals surface area contributed by atoms with Crippen LogP contribution in [0.15, 0.2) is 48.5 Å². The van der Waals surface area contributed by atoms with E-state index in [2.05, 4.69) is 13.8 Å². The zero-order valence-corrected chi connectivity index (χ0v) is 39.4. The van der Waals surface area contributed by atoms with Crippen LogP contribution in [0.5, 0.6) is 11.5 Å². The zero-order valence-electron chi connectivity index (χ0n) is 39.4. The van der Waals surface area contributed by atoms with Crippen LogP contribution in [-0.2, 0) is 19.1 Å². The fraction of sp³-hybridized carbons (Fsp3) is 0.704. The lowest BCUT2D eigenvalue weighted by atomic mass is 9.61. The Bertz CT molecular complexity index is 1500. The normalized spacial score (nSPS) is 17.4. The molecule has 62 heavy (non-hydrogen) atoms. The molecule has 0 spiro atoms. The fourth-order valence-electron chi connectivity index (χ4n) is 9.72. The Morgan fingerprint density at radius 2 is 0.726 bits per heavy atom. The van der Waals surface area contributed by atoms with Crippen molar-refractivity contribution in [1.29, 1.82) is 0 Å². The van der Waals surface area contributed by atoms with E-state index in [-0.39, 0.29) is 23.9 Å². The van der Waals surface area contributed by atoms with Gasteiger partial charge in [0.25, 0.3) is 0 Å². The van der Waals surface area contributed by atoms with E-state index in [4.69, 9.17) is 18.9 Å². The molecule has 8 nitrogen and oxygen atoms in total. The summed E-state index contributed by atoms with van der Waals surface area (Å²) in [5.74, 6) is 2.94. The predicted octanol–water partition coefficient (Wildman–Crippen LogP) is 15.0. The van der Waals surface area contributed by atoms with E-state index in [0.29, 0.717) is 35.8 Å². The molecule has 4 atom stereocenters. The highest BCUT2D eigenvalue weighted by atomic mass is 16.5. The van der Waals surface area contributed by atoms with Gasteiger partial charge >= 0.3 is 23.9 Å². The van der Waals surface area contributed by atoms with Crippen molar-refractivity contribution in [3.05, 3.63) is 59.7 Å². The summed E-state index contributed by atoms with van der Waals surface area (Å²) in [5.41, 5.74) is 0.938. The first kappa shape index (κ1) is 52.7. The molecule has 0 radical (unpaired) electrons. The average molecular weight is 861 g/mol. The maximum absolute atomic E-state index is 12.5. The van der Waals surface area contributed by atoms with Crippen LogP contribution in [0.3, 0.4) is 0 Å². The van der Waals surface area contributed by atoms with E-state index in [9.17, 15) is 19.2 Å². The number of esters is 4. The van der Waals surface area contributed by atoms with E-state index in [1.54, 1.807) is 48.5 Å². The molecule has 2 aromatic rings. The summed E-state index contributed by atoms with van der Waals surface area (Å²) in [7, 11) is 0. The summed E-state index contributed by atoms with van der Waals surface area (Å²) in [6, 6.07) is 13.0. The molecule has 0 N–H and O–H groups in total. The van der Waals surface area contributed by atoms with Crippen molar-refractivity contribution in [1.82, 2.24) is 0 Å². The molecule has 0 aliphatic heterocycles. The quantitative estimate of drug-likeness (QED) is 0.0389. The average Bonchev–Trinajstić information content (AvgIpc) is 3.25. The van der Waals surface area contributed by atoms with Gasteiger partial charge in [0.1, 0.15) is 11.5 Å². The van der Waals surface area contributed by atoms with E-state index in [1.165, 1.54) is 168 Å². The maximum Gasteiger partial charge on any atom is 0.338 e. The van der Waals surface area contributed by atoms with Gasteiger partial charge in [-0.25, -0.2) is 9.59 Å². The lowest BCUT2D eigenvalue weighted by Crippen LogP contribution is -2.35. The maximum atomic E-state index is 12.5. The molecule has 0 aromatic heterocycles. The Morgan fingerprint density at radius 3 is 1.08 bits per heavy atom. The SMILES string of the molecule is CCCCCCCC[C@@H]1[C@H](CCCCCC)CC[C@H](CCCCCCCCOC(=O)c2ccc(OC(C)=O)cc2)[C@H]1CCCCCCCCOC(=O)c1ccc(OC(C)=O)cc1. The summed E-state index contributed by atoms with van der Waals surface area (Å²) >= 11 is 0. The summed E-state index contributed by atoms with van der Waals surface area (Å²) < 4.78 is 21.1. The summed E-state index contributed by atoms with van der Waals surface area (Å²) in [6.07, 6.45) is 36.3. The molecule has 1 aliphatic carbocycles. The van der Waals surface area contributed by atoms with Gasteiger partial charge in [-0.1, -0.05) is 155 Å². The lowest BCUT2D eigenvalue weighted by Gasteiger charge is -2.44. The van der Waals surface area contributed by atoms with E-state index >= 15 is 0 Å². The topological polar surface area (TPSA) is 105 Å². The van der Waals surface area contributed by atoms with Gasteiger partial charge in [0.15, 0.2) is 0 Å². The second-order valence-electron chi connectivity index (χ2n) is 18.2. The van der Waals surface area contributed by atoms with Crippen molar-refractivity contribution in [2.75, 3.05) is 13.2 Å². The van der Waals surface area contributed by atoms with Gasteiger partial charge in [0.05, 0.1) is 24.3 Å². The number of benzene rings is 2. The largest absolute Gasteiger partial charge is 0.462 e. The first-order valence-electron chi connectivity index (χ1n) is 25.1. The number of carbonyl (C=O) groups excluding carboxylic acids is 4. The van der Waals surface area contributed by atoms with Gasteiger partial charge in [-0.2, -0.15) is 0 Å². The highest BCUT2D eigenvalue weighted by Crippen LogP contribution is 2.48. The van der Waals surface area contributed by atoms with E-state index in [1.807, 2.05) is 0 Å². The van der Waals surface area contributed by atoms with Crippen LogP contribution in [0, 0.1) is 23.7 Å². The van der Waals surface area contributed by atoms with Crippen molar-refractivity contribution in [2.45, 2.75) is 207 Å². The Morgan fingerprint density at radius 1 is 0.419 bits per heavy atom. The molecule has 1 saturated carbocycles. The molecule has 0 amide bonds. The number of hydrogen-bond acceptors (Lipinski definition) is 8. The summed E-state index contributed by atoms with van der Waals surface area (Å²) in [6.45, 7) is 8.21. The van der Waals surface area contributed by atoms with Crippen LogP contribution in [0.4, 0.5) is 0 Å². The second kappa shape index (κ2) is 32.9. The van der Waals surface area contributed by atoms with Gasteiger partial charge in [0, 0.05) is 13.8 Å². The van der Waals surface area contributed by atoms with E-state index in [0.717, 1.165) is 49.4 Å². The number of unbranched alkanes of at least 4 members (excludes halogenated alkanes) is 18. The molecule has 2 aromatic carbocycles. The molecule has 3 rings (SSSR count). The van der Waals surface area contributed by atoms with Gasteiger partial charge < -0.3 is 18.9 Å². The van der Waals surface area contributed by atoms with Crippen LogP contribution in [-0.4, -0.2) is 37.1 Å². The Labute approximate surface area is 376 Å². The van der Waals surface area contributed by atoms with E-state index < -0.39 is 0 Å². The van der Waals surface area contributed by atoms with Crippen molar-refractivity contribution >= 4 is 23.9 Å². The first-order chi connectivity index (χ1) is 30.2.